The predicted octanol–water partition coefficient (Wildman–Crippen LogP) is 2.53. The highest BCUT2D eigenvalue weighted by Gasteiger charge is 2.40. The minimum absolute atomic E-state index is 0.0322. The third-order valence-electron chi connectivity index (χ3n) is 5.77. The van der Waals surface area contributed by atoms with Gasteiger partial charge in [0.05, 0.1) is 14.2 Å². The summed E-state index contributed by atoms with van der Waals surface area (Å²) >= 11 is 0. The fraction of sp³-hybridized carbons (Fsp3) is 0.409. The highest BCUT2D eigenvalue weighted by molar-refractivity contribution is 5.95. The number of carbonyl (C=O) groups is 1. The van der Waals surface area contributed by atoms with Crippen molar-refractivity contribution in [3.63, 3.8) is 0 Å². The van der Waals surface area contributed by atoms with Gasteiger partial charge < -0.3 is 30.2 Å². The Morgan fingerprint density at radius 2 is 1.93 bits per heavy atom. The van der Waals surface area contributed by atoms with Crippen LogP contribution in [0.2, 0.25) is 0 Å². The second-order valence-electron chi connectivity index (χ2n) is 7.35. The van der Waals surface area contributed by atoms with Crippen LogP contribution in [0.25, 0.3) is 0 Å². The molecule has 2 aromatic rings. The summed E-state index contributed by atoms with van der Waals surface area (Å²) in [7, 11) is 3.18. The molecule has 4 rings (SSSR count). The molecule has 2 saturated heterocycles. The molecule has 0 aromatic heterocycles. The number of amides is 1. The maximum atomic E-state index is 13.1. The number of hydrogen-bond donors (Lipinski definition) is 2. The summed E-state index contributed by atoms with van der Waals surface area (Å²) in [5, 5.41) is 3.48. The summed E-state index contributed by atoms with van der Waals surface area (Å²) in [4.78, 5) is 15.1. The third kappa shape index (κ3) is 3.75. The molecule has 1 amide bonds. The molecule has 0 spiro atoms. The van der Waals surface area contributed by atoms with E-state index in [0.29, 0.717) is 41.1 Å². The molecule has 2 atom stereocenters. The normalized spacial score (nSPS) is 20.4. The van der Waals surface area contributed by atoms with Crippen molar-refractivity contribution in [2.75, 3.05) is 27.3 Å². The lowest BCUT2D eigenvalue weighted by Gasteiger charge is -2.24. The maximum absolute atomic E-state index is 13.1. The first-order valence-corrected chi connectivity index (χ1v) is 9.92. The van der Waals surface area contributed by atoms with Gasteiger partial charge in [-0.05, 0) is 43.7 Å². The second-order valence-corrected chi connectivity index (χ2v) is 7.35. The number of carbonyl (C=O) groups excluding carboxylic acids is 1. The van der Waals surface area contributed by atoms with E-state index in [4.69, 9.17) is 19.9 Å². The molecule has 2 aromatic carbocycles. The van der Waals surface area contributed by atoms with E-state index in [1.807, 2.05) is 17.0 Å². The SMILES string of the molecule is COc1cc(Oc2cc(C(=O)N3CC[C@@H]4NCC[C@@H]43)ccc2OC)ccc1CN. The highest BCUT2D eigenvalue weighted by atomic mass is 16.5. The summed E-state index contributed by atoms with van der Waals surface area (Å²) < 4.78 is 16.9. The number of fused-ring (bicyclic) bond motifs is 1. The van der Waals surface area contributed by atoms with Gasteiger partial charge in [-0.3, -0.25) is 4.79 Å². The molecule has 0 aliphatic carbocycles. The lowest BCUT2D eigenvalue weighted by atomic mass is 10.1. The molecule has 0 bridgehead atoms. The zero-order valence-electron chi connectivity index (χ0n) is 16.8. The van der Waals surface area contributed by atoms with E-state index in [1.165, 1.54) is 0 Å². The molecular formula is C22H27N3O4. The Labute approximate surface area is 170 Å². The van der Waals surface area contributed by atoms with E-state index in [0.717, 1.165) is 31.5 Å². The van der Waals surface area contributed by atoms with E-state index in [2.05, 4.69) is 5.32 Å². The first-order valence-electron chi connectivity index (χ1n) is 9.92. The van der Waals surface area contributed by atoms with Crippen LogP contribution in [0.3, 0.4) is 0 Å². The molecule has 2 fully saturated rings. The molecule has 3 N–H and O–H groups in total. The zero-order valence-corrected chi connectivity index (χ0v) is 16.8. The predicted molar refractivity (Wildman–Crippen MR) is 110 cm³/mol. The Hall–Kier alpha value is -2.77. The molecule has 7 heteroatoms. The van der Waals surface area contributed by atoms with Crippen LogP contribution in [-0.2, 0) is 6.54 Å². The fourth-order valence-electron chi connectivity index (χ4n) is 4.26. The second kappa shape index (κ2) is 8.31. The van der Waals surface area contributed by atoms with Crippen molar-refractivity contribution in [1.82, 2.24) is 10.2 Å². The third-order valence-corrected chi connectivity index (χ3v) is 5.77. The maximum Gasteiger partial charge on any atom is 0.254 e. The van der Waals surface area contributed by atoms with Crippen molar-refractivity contribution in [2.45, 2.75) is 31.5 Å². The first kappa shape index (κ1) is 19.5. The van der Waals surface area contributed by atoms with Crippen LogP contribution in [0.1, 0.15) is 28.8 Å². The molecule has 0 saturated carbocycles. The summed E-state index contributed by atoms with van der Waals surface area (Å²) in [5.74, 6) is 2.33. The van der Waals surface area contributed by atoms with E-state index in [-0.39, 0.29) is 11.9 Å². The van der Waals surface area contributed by atoms with Gasteiger partial charge in [-0.25, -0.2) is 0 Å². The van der Waals surface area contributed by atoms with Crippen LogP contribution >= 0.6 is 0 Å². The van der Waals surface area contributed by atoms with Gasteiger partial charge in [0.2, 0.25) is 0 Å². The quantitative estimate of drug-likeness (QED) is 0.779. The summed E-state index contributed by atoms with van der Waals surface area (Å²) in [6, 6.07) is 11.5. The minimum Gasteiger partial charge on any atom is -0.496 e. The van der Waals surface area contributed by atoms with Crippen LogP contribution in [0.15, 0.2) is 36.4 Å². The largest absolute Gasteiger partial charge is 0.496 e. The number of nitrogens with two attached hydrogens (primary N) is 1. The van der Waals surface area contributed by atoms with Gasteiger partial charge in [0, 0.05) is 42.4 Å². The van der Waals surface area contributed by atoms with Crippen LogP contribution < -0.4 is 25.3 Å². The number of likely N-dealkylation sites (tertiary alicyclic amines) is 1. The van der Waals surface area contributed by atoms with Gasteiger partial charge >= 0.3 is 0 Å². The zero-order chi connectivity index (χ0) is 20.4. The van der Waals surface area contributed by atoms with Crippen molar-refractivity contribution in [3.05, 3.63) is 47.5 Å². The molecule has 2 heterocycles. The number of nitrogens with one attached hydrogen (secondary N) is 1. The smallest absolute Gasteiger partial charge is 0.254 e. The topological polar surface area (TPSA) is 86.0 Å². The van der Waals surface area contributed by atoms with Crippen LogP contribution in [0, 0.1) is 0 Å². The molecule has 154 valence electrons. The monoisotopic (exact) mass is 397 g/mol. The molecule has 2 aliphatic heterocycles. The molecule has 7 nitrogen and oxygen atoms in total. The first-order chi connectivity index (χ1) is 14.1. The number of rotatable bonds is 6. The van der Waals surface area contributed by atoms with E-state index in [9.17, 15) is 4.79 Å². The van der Waals surface area contributed by atoms with Gasteiger partial charge in [0.25, 0.3) is 5.91 Å². The molecule has 0 radical (unpaired) electrons. The molecule has 0 unspecified atom stereocenters. The Balaban J connectivity index is 1.59. The van der Waals surface area contributed by atoms with E-state index in [1.54, 1.807) is 38.5 Å². The average Bonchev–Trinajstić information content (AvgIpc) is 3.37. The average molecular weight is 397 g/mol. The van der Waals surface area contributed by atoms with Crippen LogP contribution in [0.4, 0.5) is 0 Å². The van der Waals surface area contributed by atoms with Crippen molar-refractivity contribution in [1.29, 1.82) is 0 Å². The molecule has 2 aliphatic rings. The van der Waals surface area contributed by atoms with E-state index >= 15 is 0 Å². The lowest BCUT2D eigenvalue weighted by molar-refractivity contribution is 0.0736. The van der Waals surface area contributed by atoms with Gasteiger partial charge in [-0.1, -0.05) is 6.07 Å². The minimum atomic E-state index is 0.0322. The fourth-order valence-corrected chi connectivity index (χ4v) is 4.26. The number of benzene rings is 2. The number of ether oxygens (including phenoxy) is 3. The molecule has 29 heavy (non-hydrogen) atoms. The Kier molecular flexibility index (Phi) is 5.60. The number of methoxy groups -OCH3 is 2. The van der Waals surface area contributed by atoms with Crippen LogP contribution in [0.5, 0.6) is 23.0 Å². The van der Waals surface area contributed by atoms with Gasteiger partial charge in [0.1, 0.15) is 11.5 Å². The van der Waals surface area contributed by atoms with Crippen LogP contribution in [-0.4, -0.2) is 50.2 Å². The highest BCUT2D eigenvalue weighted by Crippen LogP contribution is 2.35. The molecular weight excluding hydrogens is 370 g/mol. The summed E-state index contributed by atoms with van der Waals surface area (Å²) in [5.41, 5.74) is 7.23. The van der Waals surface area contributed by atoms with Crippen molar-refractivity contribution in [3.8, 4) is 23.0 Å². The van der Waals surface area contributed by atoms with Crippen molar-refractivity contribution < 1.29 is 19.0 Å². The Bertz CT molecular complexity index is 902. The lowest BCUT2D eigenvalue weighted by Crippen LogP contribution is -2.38. The van der Waals surface area contributed by atoms with Crippen molar-refractivity contribution in [2.24, 2.45) is 5.73 Å². The van der Waals surface area contributed by atoms with Gasteiger partial charge in [-0.15, -0.1) is 0 Å². The summed E-state index contributed by atoms with van der Waals surface area (Å²) in [6.45, 7) is 2.13. The standard InChI is InChI=1S/C22H27N3O4/c1-27-19-6-4-14(22(26)25-10-8-17-18(25)7-9-24-17)11-21(19)29-16-5-3-15(13-23)20(12-16)28-2/h3-6,11-12,17-18,24H,7-10,13,23H2,1-2H3/t17-,18-/m0/s1. The number of nitrogens with zero attached hydrogens (tertiary/aromatic N) is 1. The Morgan fingerprint density at radius 3 is 2.69 bits per heavy atom. The van der Waals surface area contributed by atoms with Gasteiger partial charge in [-0.2, -0.15) is 0 Å². The number of hydrogen-bond acceptors (Lipinski definition) is 6. The summed E-state index contributed by atoms with van der Waals surface area (Å²) in [6.07, 6.45) is 2.01. The Morgan fingerprint density at radius 1 is 1.10 bits per heavy atom. The van der Waals surface area contributed by atoms with E-state index < -0.39 is 0 Å². The van der Waals surface area contributed by atoms with Crippen molar-refractivity contribution >= 4 is 5.91 Å². The van der Waals surface area contributed by atoms with Gasteiger partial charge in [0.15, 0.2) is 11.5 Å².